The second-order valence-electron chi connectivity index (χ2n) is 6.88. The standard InChI is InChI=1S/C20H22F3N5O/c1-14(13-28-15(2)12-18(26-28)20(21,22)23)19(29)24-10-8-16-9-11-27(25-16)17-6-4-3-5-7-17/h3-7,9,11-12,14H,8,10,13H2,1-2H3,(H,24,29). The second-order valence-corrected chi connectivity index (χ2v) is 6.88. The first-order chi connectivity index (χ1) is 13.7. The van der Waals surface area contributed by atoms with Gasteiger partial charge in [0.2, 0.25) is 5.91 Å². The first kappa shape index (κ1) is 20.6. The van der Waals surface area contributed by atoms with E-state index in [-0.39, 0.29) is 12.5 Å². The lowest BCUT2D eigenvalue weighted by atomic mass is 10.1. The number of halogens is 3. The molecule has 0 fully saturated rings. The third kappa shape index (κ3) is 5.24. The van der Waals surface area contributed by atoms with E-state index in [9.17, 15) is 18.0 Å². The van der Waals surface area contributed by atoms with Crippen molar-refractivity contribution in [2.45, 2.75) is 33.0 Å². The van der Waals surface area contributed by atoms with Crippen LogP contribution in [0, 0.1) is 12.8 Å². The summed E-state index contributed by atoms with van der Waals surface area (Å²) in [5.74, 6) is -0.757. The van der Waals surface area contributed by atoms with Crippen LogP contribution in [-0.4, -0.2) is 32.0 Å². The second kappa shape index (κ2) is 8.50. The Morgan fingerprint density at radius 1 is 1.17 bits per heavy atom. The van der Waals surface area contributed by atoms with E-state index in [4.69, 9.17) is 0 Å². The van der Waals surface area contributed by atoms with Crippen LogP contribution in [0.15, 0.2) is 48.7 Å². The zero-order valence-corrected chi connectivity index (χ0v) is 16.1. The van der Waals surface area contributed by atoms with Crippen molar-refractivity contribution in [3.63, 3.8) is 0 Å². The lowest BCUT2D eigenvalue weighted by molar-refractivity contribution is -0.141. The van der Waals surface area contributed by atoms with Crippen LogP contribution in [0.5, 0.6) is 0 Å². The van der Waals surface area contributed by atoms with Crippen molar-refractivity contribution in [1.82, 2.24) is 24.9 Å². The highest BCUT2D eigenvalue weighted by molar-refractivity contribution is 5.78. The highest BCUT2D eigenvalue weighted by atomic mass is 19.4. The van der Waals surface area contributed by atoms with Gasteiger partial charge in [0.05, 0.1) is 23.8 Å². The van der Waals surface area contributed by atoms with E-state index < -0.39 is 17.8 Å². The van der Waals surface area contributed by atoms with Crippen LogP contribution < -0.4 is 5.32 Å². The van der Waals surface area contributed by atoms with E-state index in [0.29, 0.717) is 18.7 Å². The Labute approximate surface area is 166 Å². The van der Waals surface area contributed by atoms with Crippen molar-refractivity contribution >= 4 is 5.91 Å². The molecule has 3 rings (SSSR count). The van der Waals surface area contributed by atoms with Crippen molar-refractivity contribution in [2.75, 3.05) is 6.54 Å². The van der Waals surface area contributed by atoms with E-state index >= 15 is 0 Å². The molecule has 0 saturated heterocycles. The maximum absolute atomic E-state index is 12.8. The largest absolute Gasteiger partial charge is 0.435 e. The summed E-state index contributed by atoms with van der Waals surface area (Å²) >= 11 is 0. The average Bonchev–Trinajstić information content (AvgIpc) is 3.29. The molecule has 0 saturated carbocycles. The molecule has 6 nitrogen and oxygen atoms in total. The zero-order valence-electron chi connectivity index (χ0n) is 16.1. The Kier molecular flexibility index (Phi) is 6.05. The minimum atomic E-state index is -4.50. The lowest BCUT2D eigenvalue weighted by Gasteiger charge is -2.13. The Bertz CT molecular complexity index is 962. The molecule has 1 unspecified atom stereocenters. The number of benzene rings is 1. The number of para-hydroxylation sites is 1. The van der Waals surface area contributed by atoms with Crippen molar-refractivity contribution in [2.24, 2.45) is 5.92 Å². The van der Waals surface area contributed by atoms with Gasteiger partial charge < -0.3 is 5.32 Å². The van der Waals surface area contributed by atoms with Gasteiger partial charge in [-0.1, -0.05) is 25.1 Å². The molecule has 1 N–H and O–H groups in total. The summed E-state index contributed by atoms with van der Waals surface area (Å²) in [6, 6.07) is 12.5. The summed E-state index contributed by atoms with van der Waals surface area (Å²) in [7, 11) is 0. The molecular weight excluding hydrogens is 383 g/mol. The van der Waals surface area contributed by atoms with E-state index in [1.807, 2.05) is 42.6 Å². The predicted molar refractivity (Wildman–Crippen MR) is 101 cm³/mol. The molecule has 0 aliphatic rings. The van der Waals surface area contributed by atoms with Crippen LogP contribution in [0.1, 0.15) is 24.0 Å². The van der Waals surface area contributed by atoms with Crippen LogP contribution in [0.4, 0.5) is 13.2 Å². The number of amides is 1. The molecule has 1 aromatic carbocycles. The van der Waals surface area contributed by atoms with Gasteiger partial charge in [0.15, 0.2) is 5.69 Å². The number of aryl methyl sites for hydroxylation is 1. The number of rotatable bonds is 7. The van der Waals surface area contributed by atoms with E-state index in [1.165, 1.54) is 11.6 Å². The molecule has 154 valence electrons. The van der Waals surface area contributed by atoms with Crippen LogP contribution in [0.2, 0.25) is 0 Å². The molecule has 0 spiro atoms. The molecule has 0 bridgehead atoms. The van der Waals surface area contributed by atoms with Gasteiger partial charge in [-0.05, 0) is 31.2 Å². The number of carbonyl (C=O) groups excluding carboxylic acids is 1. The molecule has 0 radical (unpaired) electrons. The van der Waals surface area contributed by atoms with Gasteiger partial charge >= 0.3 is 6.18 Å². The highest BCUT2D eigenvalue weighted by Crippen LogP contribution is 2.28. The monoisotopic (exact) mass is 405 g/mol. The van der Waals surface area contributed by atoms with Crippen molar-refractivity contribution in [3.05, 3.63) is 65.7 Å². The van der Waals surface area contributed by atoms with Gasteiger partial charge in [-0.25, -0.2) is 4.68 Å². The molecule has 2 heterocycles. The zero-order chi connectivity index (χ0) is 21.0. The predicted octanol–water partition coefficient (Wildman–Crippen LogP) is 3.39. The number of hydrogen-bond acceptors (Lipinski definition) is 3. The number of hydrogen-bond donors (Lipinski definition) is 1. The van der Waals surface area contributed by atoms with Crippen molar-refractivity contribution in [3.8, 4) is 5.69 Å². The number of aromatic nitrogens is 4. The minimum absolute atomic E-state index is 0.0797. The summed E-state index contributed by atoms with van der Waals surface area (Å²) in [4.78, 5) is 12.3. The fourth-order valence-electron chi connectivity index (χ4n) is 2.88. The normalized spacial score (nSPS) is 12.7. The fraction of sp³-hybridized carbons (Fsp3) is 0.350. The maximum atomic E-state index is 12.8. The van der Waals surface area contributed by atoms with Crippen LogP contribution in [-0.2, 0) is 23.9 Å². The molecule has 0 aliphatic heterocycles. The van der Waals surface area contributed by atoms with Crippen LogP contribution in [0.3, 0.4) is 0 Å². The minimum Gasteiger partial charge on any atom is -0.355 e. The maximum Gasteiger partial charge on any atom is 0.435 e. The topological polar surface area (TPSA) is 64.7 Å². The Morgan fingerprint density at radius 2 is 1.90 bits per heavy atom. The van der Waals surface area contributed by atoms with Crippen molar-refractivity contribution < 1.29 is 18.0 Å². The number of carbonyl (C=O) groups is 1. The van der Waals surface area contributed by atoms with Gasteiger partial charge in [0, 0.05) is 24.9 Å². The van der Waals surface area contributed by atoms with Gasteiger partial charge in [-0.3, -0.25) is 9.48 Å². The molecule has 0 aliphatic carbocycles. The molecule has 9 heteroatoms. The van der Waals surface area contributed by atoms with Gasteiger partial charge in [0.25, 0.3) is 0 Å². The molecule has 1 atom stereocenters. The van der Waals surface area contributed by atoms with Gasteiger partial charge in [-0.2, -0.15) is 23.4 Å². The van der Waals surface area contributed by atoms with Crippen LogP contribution >= 0.6 is 0 Å². The summed E-state index contributed by atoms with van der Waals surface area (Å²) in [6.07, 6.45) is -2.09. The van der Waals surface area contributed by atoms with E-state index in [0.717, 1.165) is 17.4 Å². The third-order valence-corrected chi connectivity index (χ3v) is 4.51. The Hall–Kier alpha value is -3.10. The summed E-state index contributed by atoms with van der Waals surface area (Å²) in [6.45, 7) is 3.67. The summed E-state index contributed by atoms with van der Waals surface area (Å²) in [5.41, 5.74) is 1.20. The number of nitrogens with zero attached hydrogens (tertiary/aromatic N) is 4. The van der Waals surface area contributed by atoms with Crippen LogP contribution in [0.25, 0.3) is 5.69 Å². The number of nitrogens with one attached hydrogen (secondary N) is 1. The average molecular weight is 405 g/mol. The molecular formula is C20H22F3N5O. The molecule has 3 aromatic rings. The Balaban J connectivity index is 1.50. The summed E-state index contributed by atoms with van der Waals surface area (Å²) in [5, 5.41) is 10.8. The smallest absolute Gasteiger partial charge is 0.355 e. The number of alkyl halides is 3. The SMILES string of the molecule is Cc1cc(C(F)(F)F)nn1CC(C)C(=O)NCCc1ccn(-c2ccccc2)n1. The van der Waals surface area contributed by atoms with Gasteiger partial charge in [0.1, 0.15) is 0 Å². The molecule has 2 aromatic heterocycles. The Morgan fingerprint density at radius 3 is 2.55 bits per heavy atom. The van der Waals surface area contributed by atoms with Gasteiger partial charge in [-0.15, -0.1) is 0 Å². The fourth-order valence-corrected chi connectivity index (χ4v) is 2.88. The summed E-state index contributed by atoms with van der Waals surface area (Å²) < 4.78 is 41.2. The van der Waals surface area contributed by atoms with E-state index in [1.54, 1.807) is 11.6 Å². The molecule has 29 heavy (non-hydrogen) atoms. The third-order valence-electron chi connectivity index (χ3n) is 4.51. The first-order valence-electron chi connectivity index (χ1n) is 9.23. The lowest BCUT2D eigenvalue weighted by Crippen LogP contribution is -2.33. The molecule has 1 amide bonds. The van der Waals surface area contributed by atoms with E-state index in [2.05, 4.69) is 15.5 Å². The van der Waals surface area contributed by atoms with Crippen molar-refractivity contribution in [1.29, 1.82) is 0 Å². The first-order valence-corrected chi connectivity index (χ1v) is 9.23. The quantitative estimate of drug-likeness (QED) is 0.655. The highest BCUT2D eigenvalue weighted by Gasteiger charge is 2.34.